The van der Waals surface area contributed by atoms with Crippen LogP contribution in [0.25, 0.3) is 0 Å². The molecular weight excluding hydrogens is 336 g/mol. The van der Waals surface area contributed by atoms with Gasteiger partial charge in [-0.25, -0.2) is 4.39 Å². The first-order valence-electron chi connectivity index (χ1n) is 7.73. The summed E-state index contributed by atoms with van der Waals surface area (Å²) in [5.74, 6) is -1.84. The maximum Gasteiger partial charge on any atom is 0.419 e. The fraction of sp³-hybridized carbons (Fsp3) is 0.278. The molecule has 2 aromatic rings. The summed E-state index contributed by atoms with van der Waals surface area (Å²) in [6.07, 6.45) is -4.84. The second-order valence-corrected chi connectivity index (χ2v) is 6.06. The molecule has 1 heterocycles. The minimum absolute atomic E-state index is 0.00122. The van der Waals surface area contributed by atoms with E-state index in [-0.39, 0.29) is 12.1 Å². The predicted molar refractivity (Wildman–Crippen MR) is 85.4 cm³/mol. The number of halogens is 4. The van der Waals surface area contributed by atoms with Crippen molar-refractivity contribution in [3.05, 3.63) is 65.0 Å². The van der Waals surface area contributed by atoms with Crippen molar-refractivity contribution in [1.29, 1.82) is 0 Å². The summed E-state index contributed by atoms with van der Waals surface area (Å²) in [6.45, 7) is 1.70. The largest absolute Gasteiger partial charge is 0.419 e. The minimum atomic E-state index is -4.84. The minimum Gasteiger partial charge on any atom is -0.320 e. The number of fused-ring (bicyclic) bond motifs is 1. The van der Waals surface area contributed by atoms with Gasteiger partial charge in [-0.1, -0.05) is 30.3 Å². The highest BCUT2D eigenvalue weighted by Crippen LogP contribution is 2.40. The molecule has 1 amide bonds. The van der Waals surface area contributed by atoms with Gasteiger partial charge in [0.2, 0.25) is 5.91 Å². The molecule has 0 saturated carbocycles. The molecule has 0 aromatic heterocycles. The van der Waals surface area contributed by atoms with E-state index in [1.165, 1.54) is 4.90 Å². The summed E-state index contributed by atoms with van der Waals surface area (Å²) in [5.41, 5.74) is 5.54. The van der Waals surface area contributed by atoms with Crippen LogP contribution in [0.4, 0.5) is 23.2 Å². The summed E-state index contributed by atoms with van der Waals surface area (Å²) in [5, 5.41) is 0. The molecule has 3 nitrogen and oxygen atoms in total. The highest BCUT2D eigenvalue weighted by Gasteiger charge is 2.39. The maximum absolute atomic E-state index is 13.9. The second kappa shape index (κ2) is 6.15. The van der Waals surface area contributed by atoms with Gasteiger partial charge in [-0.2, -0.15) is 13.2 Å². The van der Waals surface area contributed by atoms with E-state index >= 15 is 0 Å². The molecule has 2 N–H and O–H groups in total. The van der Waals surface area contributed by atoms with E-state index < -0.39 is 35.5 Å². The van der Waals surface area contributed by atoms with E-state index in [4.69, 9.17) is 5.73 Å². The normalized spacial score (nSPS) is 18.9. The second-order valence-electron chi connectivity index (χ2n) is 6.06. The van der Waals surface area contributed by atoms with E-state index in [1.54, 1.807) is 37.3 Å². The molecule has 0 spiro atoms. The summed E-state index contributed by atoms with van der Waals surface area (Å²) in [7, 11) is 0. The molecule has 25 heavy (non-hydrogen) atoms. The first-order valence-corrected chi connectivity index (χ1v) is 7.73. The number of carbonyl (C=O) groups is 1. The Labute approximate surface area is 142 Å². The number of carbonyl (C=O) groups excluding carboxylic acids is 1. The smallest absolute Gasteiger partial charge is 0.320 e. The molecule has 7 heteroatoms. The number of alkyl halides is 3. The molecule has 0 fully saturated rings. The molecule has 1 aliphatic heterocycles. The Morgan fingerprint density at radius 2 is 1.84 bits per heavy atom. The van der Waals surface area contributed by atoms with Crippen molar-refractivity contribution in [2.24, 2.45) is 5.73 Å². The van der Waals surface area contributed by atoms with Crippen molar-refractivity contribution in [1.82, 2.24) is 0 Å². The monoisotopic (exact) mass is 352 g/mol. The van der Waals surface area contributed by atoms with Gasteiger partial charge in [0.15, 0.2) is 0 Å². The lowest BCUT2D eigenvalue weighted by atomic mass is 9.93. The van der Waals surface area contributed by atoms with Crippen LogP contribution in [0.15, 0.2) is 42.5 Å². The van der Waals surface area contributed by atoms with Gasteiger partial charge in [0.05, 0.1) is 17.6 Å². The standard InChI is InChI=1S/C18H16F4N2O/c1-10(11-5-3-2-4-6-11)24-16-9-13(18(20,21)22)14(19)7-12(16)8-15(23)17(24)25/h2-7,9-10,15H,8,23H2,1H3/t10-,15+/m0/s1. The van der Waals surface area contributed by atoms with E-state index in [0.29, 0.717) is 11.6 Å². The van der Waals surface area contributed by atoms with Crippen LogP contribution < -0.4 is 10.6 Å². The SMILES string of the molecule is C[C@@H](c1ccccc1)N1C(=O)[C@H](N)Cc2cc(F)c(C(F)(F)F)cc21. The molecule has 132 valence electrons. The van der Waals surface area contributed by atoms with Crippen molar-refractivity contribution in [3.63, 3.8) is 0 Å². The van der Waals surface area contributed by atoms with Crippen LogP contribution in [0.5, 0.6) is 0 Å². The summed E-state index contributed by atoms with van der Waals surface area (Å²) < 4.78 is 53.1. The van der Waals surface area contributed by atoms with Crippen LogP contribution >= 0.6 is 0 Å². The zero-order valence-electron chi connectivity index (χ0n) is 13.3. The fourth-order valence-corrected chi connectivity index (χ4v) is 3.11. The number of nitrogens with two attached hydrogens (primary N) is 1. The van der Waals surface area contributed by atoms with Gasteiger partial charge in [-0.15, -0.1) is 0 Å². The fourth-order valence-electron chi connectivity index (χ4n) is 3.11. The van der Waals surface area contributed by atoms with Crippen LogP contribution in [0.3, 0.4) is 0 Å². The molecule has 2 atom stereocenters. The summed E-state index contributed by atoms with van der Waals surface area (Å²) in [6, 6.07) is 8.95. The quantitative estimate of drug-likeness (QED) is 0.835. The van der Waals surface area contributed by atoms with E-state index in [1.807, 2.05) is 0 Å². The number of hydrogen-bond donors (Lipinski definition) is 1. The van der Waals surface area contributed by atoms with Crippen molar-refractivity contribution in [3.8, 4) is 0 Å². The van der Waals surface area contributed by atoms with Crippen molar-refractivity contribution >= 4 is 11.6 Å². The third-order valence-electron chi connectivity index (χ3n) is 4.40. The molecule has 0 unspecified atom stereocenters. The number of rotatable bonds is 2. The van der Waals surface area contributed by atoms with Crippen molar-refractivity contribution < 1.29 is 22.4 Å². The van der Waals surface area contributed by atoms with Gasteiger partial charge in [0.25, 0.3) is 0 Å². The van der Waals surface area contributed by atoms with E-state index in [2.05, 4.69) is 0 Å². The van der Waals surface area contributed by atoms with E-state index in [0.717, 1.165) is 11.6 Å². The Morgan fingerprint density at radius 3 is 2.44 bits per heavy atom. The number of benzene rings is 2. The average Bonchev–Trinajstić information content (AvgIpc) is 2.55. The van der Waals surface area contributed by atoms with Crippen molar-refractivity contribution in [2.45, 2.75) is 31.6 Å². The Kier molecular flexibility index (Phi) is 4.28. The third kappa shape index (κ3) is 3.11. The van der Waals surface area contributed by atoms with Crippen LogP contribution in [0.2, 0.25) is 0 Å². The predicted octanol–water partition coefficient (Wildman–Crippen LogP) is 3.82. The molecule has 0 radical (unpaired) electrons. The van der Waals surface area contributed by atoms with Gasteiger partial charge in [0, 0.05) is 5.69 Å². The number of nitrogens with zero attached hydrogens (tertiary/aromatic N) is 1. The first kappa shape index (κ1) is 17.4. The average molecular weight is 352 g/mol. The number of hydrogen-bond acceptors (Lipinski definition) is 2. The lowest BCUT2D eigenvalue weighted by Crippen LogP contribution is -2.50. The first-order chi connectivity index (χ1) is 11.7. The Bertz CT molecular complexity index is 805. The molecule has 2 aromatic carbocycles. The van der Waals surface area contributed by atoms with Crippen LogP contribution in [-0.4, -0.2) is 11.9 Å². The van der Waals surface area contributed by atoms with Crippen molar-refractivity contribution in [2.75, 3.05) is 4.90 Å². The van der Waals surface area contributed by atoms with Gasteiger partial charge in [0.1, 0.15) is 5.82 Å². The van der Waals surface area contributed by atoms with Gasteiger partial charge in [-0.05, 0) is 36.6 Å². The zero-order chi connectivity index (χ0) is 18.4. The van der Waals surface area contributed by atoms with Crippen LogP contribution in [-0.2, 0) is 17.4 Å². The topological polar surface area (TPSA) is 46.3 Å². The zero-order valence-corrected chi connectivity index (χ0v) is 13.3. The lowest BCUT2D eigenvalue weighted by Gasteiger charge is -2.37. The molecular formula is C18H16F4N2O. The molecule has 1 aliphatic rings. The highest BCUT2D eigenvalue weighted by atomic mass is 19.4. The van der Waals surface area contributed by atoms with Gasteiger partial charge >= 0.3 is 6.18 Å². The molecule has 3 rings (SSSR count). The van der Waals surface area contributed by atoms with Gasteiger partial charge in [-0.3, -0.25) is 4.79 Å². The number of anilines is 1. The van der Waals surface area contributed by atoms with E-state index in [9.17, 15) is 22.4 Å². The maximum atomic E-state index is 13.9. The third-order valence-corrected chi connectivity index (χ3v) is 4.40. The lowest BCUT2D eigenvalue weighted by molar-refractivity contribution is -0.140. The summed E-state index contributed by atoms with van der Waals surface area (Å²) in [4.78, 5) is 13.8. The van der Waals surface area contributed by atoms with Gasteiger partial charge < -0.3 is 10.6 Å². The number of amides is 1. The Hall–Kier alpha value is -2.41. The molecule has 0 saturated heterocycles. The van der Waals surface area contributed by atoms with Crippen LogP contribution in [0.1, 0.15) is 29.7 Å². The summed E-state index contributed by atoms with van der Waals surface area (Å²) >= 11 is 0. The molecule has 0 aliphatic carbocycles. The van der Waals surface area contributed by atoms with Crippen LogP contribution in [0, 0.1) is 5.82 Å². The Balaban J connectivity index is 2.15. The molecule has 0 bridgehead atoms. The highest BCUT2D eigenvalue weighted by molar-refractivity contribution is 6.00. The Morgan fingerprint density at radius 1 is 1.20 bits per heavy atom.